The van der Waals surface area contributed by atoms with Crippen LogP contribution in [0.1, 0.15) is 18.9 Å². The van der Waals surface area contributed by atoms with Crippen LogP contribution < -0.4 is 9.46 Å². The van der Waals surface area contributed by atoms with E-state index >= 15 is 0 Å². The van der Waals surface area contributed by atoms with Gasteiger partial charge in [-0.05, 0) is 31.0 Å². The third-order valence-corrected chi connectivity index (χ3v) is 4.11. The summed E-state index contributed by atoms with van der Waals surface area (Å²) in [7, 11) is -2.58. The van der Waals surface area contributed by atoms with E-state index in [0.717, 1.165) is 5.56 Å². The fraction of sp³-hybridized carbons (Fsp3) is 0.417. The van der Waals surface area contributed by atoms with Crippen LogP contribution in [0.2, 0.25) is 0 Å². The Morgan fingerprint density at radius 3 is 2.58 bits per heavy atom. The van der Waals surface area contributed by atoms with Crippen molar-refractivity contribution in [2.75, 3.05) is 7.11 Å². The first-order chi connectivity index (χ1) is 8.81. The minimum absolute atomic E-state index is 0.0605. The maximum absolute atomic E-state index is 12.2. The van der Waals surface area contributed by atoms with Gasteiger partial charge in [-0.1, -0.05) is 13.0 Å². The summed E-state index contributed by atoms with van der Waals surface area (Å²) in [6.07, 6.45) is 0.155. The number of rotatable bonds is 6. The van der Waals surface area contributed by atoms with Crippen LogP contribution in [-0.2, 0) is 14.8 Å². The molecule has 6 nitrogen and oxygen atoms in total. The first-order valence-electron chi connectivity index (χ1n) is 5.71. The van der Waals surface area contributed by atoms with Crippen molar-refractivity contribution in [3.8, 4) is 5.75 Å². The van der Waals surface area contributed by atoms with E-state index in [0.29, 0.717) is 0 Å². The summed E-state index contributed by atoms with van der Waals surface area (Å²) in [6, 6.07) is 3.53. The van der Waals surface area contributed by atoms with Gasteiger partial charge in [-0.25, -0.2) is 8.42 Å². The van der Waals surface area contributed by atoms with E-state index in [4.69, 9.17) is 9.84 Å². The third kappa shape index (κ3) is 3.68. The quantitative estimate of drug-likeness (QED) is 0.818. The molecular formula is C12H17NO5S. The lowest BCUT2D eigenvalue weighted by Crippen LogP contribution is -2.40. The van der Waals surface area contributed by atoms with Crippen LogP contribution in [0.3, 0.4) is 0 Å². The minimum atomic E-state index is -3.94. The summed E-state index contributed by atoms with van der Waals surface area (Å²) >= 11 is 0. The second-order valence-electron chi connectivity index (χ2n) is 4.07. The molecule has 0 radical (unpaired) electrons. The number of ether oxygens (including phenoxy) is 1. The monoisotopic (exact) mass is 287 g/mol. The lowest BCUT2D eigenvalue weighted by molar-refractivity contribution is -0.139. The molecule has 0 aliphatic carbocycles. The van der Waals surface area contributed by atoms with E-state index in [2.05, 4.69) is 4.72 Å². The number of aryl methyl sites for hydroxylation is 1. The second kappa shape index (κ2) is 6.03. The summed E-state index contributed by atoms with van der Waals surface area (Å²) in [4.78, 5) is 10.8. The Kier molecular flexibility index (Phi) is 4.90. The van der Waals surface area contributed by atoms with Gasteiger partial charge in [0, 0.05) is 0 Å². The molecule has 0 saturated heterocycles. The van der Waals surface area contributed by atoms with Gasteiger partial charge in [0.1, 0.15) is 16.7 Å². The van der Waals surface area contributed by atoms with Crippen molar-refractivity contribution >= 4 is 16.0 Å². The molecule has 0 aliphatic rings. The molecule has 19 heavy (non-hydrogen) atoms. The number of sulfonamides is 1. The Balaban J connectivity index is 3.20. The van der Waals surface area contributed by atoms with E-state index in [1.165, 1.54) is 19.2 Å². The summed E-state index contributed by atoms with van der Waals surface area (Å²) in [6.45, 7) is 3.34. The molecule has 0 bridgehead atoms. The highest BCUT2D eigenvalue weighted by molar-refractivity contribution is 7.89. The highest BCUT2D eigenvalue weighted by Gasteiger charge is 2.26. The van der Waals surface area contributed by atoms with Crippen molar-refractivity contribution in [2.24, 2.45) is 0 Å². The highest BCUT2D eigenvalue weighted by Crippen LogP contribution is 2.24. The lowest BCUT2D eigenvalue weighted by atomic mass is 10.2. The Hall–Kier alpha value is -1.60. The summed E-state index contributed by atoms with van der Waals surface area (Å²) in [5.41, 5.74) is 0.740. The number of hydrogen-bond donors (Lipinski definition) is 2. The van der Waals surface area contributed by atoms with Gasteiger partial charge in [-0.3, -0.25) is 4.79 Å². The molecule has 0 saturated carbocycles. The van der Waals surface area contributed by atoms with Gasteiger partial charge in [-0.15, -0.1) is 0 Å². The van der Waals surface area contributed by atoms with Crippen molar-refractivity contribution in [3.05, 3.63) is 23.8 Å². The number of aliphatic carboxylic acids is 1. The molecule has 106 valence electrons. The largest absolute Gasteiger partial charge is 0.495 e. The molecule has 0 spiro atoms. The number of carboxylic acid groups (broad SMARTS) is 1. The van der Waals surface area contributed by atoms with Crippen LogP contribution in [0.15, 0.2) is 23.1 Å². The fourth-order valence-electron chi connectivity index (χ4n) is 1.55. The smallest absolute Gasteiger partial charge is 0.321 e. The van der Waals surface area contributed by atoms with E-state index in [-0.39, 0.29) is 17.1 Å². The van der Waals surface area contributed by atoms with Gasteiger partial charge in [-0.2, -0.15) is 4.72 Å². The zero-order valence-electron chi connectivity index (χ0n) is 11.0. The number of hydrogen-bond acceptors (Lipinski definition) is 4. The second-order valence-corrected chi connectivity index (χ2v) is 5.76. The first kappa shape index (κ1) is 15.5. The van der Waals surface area contributed by atoms with Crippen LogP contribution in [0.25, 0.3) is 0 Å². The average Bonchev–Trinajstić information content (AvgIpc) is 2.35. The van der Waals surface area contributed by atoms with Gasteiger partial charge >= 0.3 is 5.97 Å². The molecule has 1 aromatic carbocycles. The first-order valence-corrected chi connectivity index (χ1v) is 7.20. The molecule has 2 N–H and O–H groups in total. The molecule has 1 aromatic rings. The average molecular weight is 287 g/mol. The topological polar surface area (TPSA) is 92.7 Å². The Morgan fingerprint density at radius 2 is 2.11 bits per heavy atom. The van der Waals surface area contributed by atoms with E-state index in [1.807, 2.05) is 0 Å². The van der Waals surface area contributed by atoms with Crippen molar-refractivity contribution < 1.29 is 23.1 Å². The van der Waals surface area contributed by atoms with Gasteiger partial charge in [0.25, 0.3) is 0 Å². The lowest BCUT2D eigenvalue weighted by Gasteiger charge is -2.15. The van der Waals surface area contributed by atoms with Gasteiger partial charge in [0.2, 0.25) is 10.0 Å². The van der Waals surface area contributed by atoms with E-state index in [9.17, 15) is 13.2 Å². The predicted octanol–water partition coefficient (Wildman–Crippen LogP) is 1.15. The summed E-state index contributed by atoms with van der Waals surface area (Å²) in [5, 5.41) is 8.91. The van der Waals surface area contributed by atoms with E-state index in [1.54, 1.807) is 19.9 Å². The zero-order valence-corrected chi connectivity index (χ0v) is 11.8. The normalized spacial score (nSPS) is 13.0. The molecule has 0 unspecified atom stereocenters. The molecule has 0 aromatic heterocycles. The Morgan fingerprint density at radius 1 is 1.47 bits per heavy atom. The minimum Gasteiger partial charge on any atom is -0.495 e. The maximum atomic E-state index is 12.2. The van der Waals surface area contributed by atoms with Gasteiger partial charge < -0.3 is 9.84 Å². The van der Waals surface area contributed by atoms with Gasteiger partial charge in [0.15, 0.2) is 0 Å². The SMILES string of the molecule is CC[C@@H](NS(=O)(=O)c1cc(C)ccc1OC)C(=O)O. The van der Waals surface area contributed by atoms with Crippen molar-refractivity contribution in [1.82, 2.24) is 4.72 Å². The summed E-state index contributed by atoms with van der Waals surface area (Å²) in [5.74, 6) is -1.03. The van der Waals surface area contributed by atoms with Crippen LogP contribution in [0.5, 0.6) is 5.75 Å². The summed E-state index contributed by atoms with van der Waals surface area (Å²) < 4.78 is 31.5. The molecule has 7 heteroatoms. The maximum Gasteiger partial charge on any atom is 0.321 e. The van der Waals surface area contributed by atoms with Crippen molar-refractivity contribution in [2.45, 2.75) is 31.2 Å². The van der Waals surface area contributed by atoms with Crippen LogP contribution in [0, 0.1) is 6.92 Å². The number of nitrogens with one attached hydrogen (secondary N) is 1. The Labute approximate surface area is 112 Å². The molecule has 0 fully saturated rings. The van der Waals surface area contributed by atoms with Crippen molar-refractivity contribution in [1.29, 1.82) is 0 Å². The van der Waals surface area contributed by atoms with Crippen LogP contribution >= 0.6 is 0 Å². The van der Waals surface area contributed by atoms with Crippen molar-refractivity contribution in [3.63, 3.8) is 0 Å². The highest BCUT2D eigenvalue weighted by atomic mass is 32.2. The zero-order chi connectivity index (χ0) is 14.6. The van der Waals surface area contributed by atoms with Gasteiger partial charge in [0.05, 0.1) is 7.11 Å². The molecular weight excluding hydrogens is 270 g/mol. The fourth-order valence-corrected chi connectivity index (χ4v) is 3.08. The predicted molar refractivity (Wildman–Crippen MR) is 69.8 cm³/mol. The van der Waals surface area contributed by atoms with Crippen LogP contribution in [-0.4, -0.2) is 32.6 Å². The third-order valence-electron chi connectivity index (χ3n) is 2.61. The number of carboxylic acids is 1. The molecule has 1 atom stereocenters. The molecule has 0 aliphatic heterocycles. The molecule has 0 amide bonds. The molecule has 1 rings (SSSR count). The standard InChI is InChI=1S/C12H17NO5S/c1-4-9(12(14)15)13-19(16,17)11-7-8(2)5-6-10(11)18-3/h5-7,9,13H,4H2,1-3H3,(H,14,15)/t9-/m1/s1. The van der Waals surface area contributed by atoms with Crippen LogP contribution in [0.4, 0.5) is 0 Å². The number of benzene rings is 1. The molecule has 0 heterocycles. The number of methoxy groups -OCH3 is 1. The van der Waals surface area contributed by atoms with E-state index < -0.39 is 22.0 Å². The number of carbonyl (C=O) groups is 1. The Bertz CT molecular complexity index is 567.